The molecule has 0 aromatic carbocycles. The second-order valence-corrected chi connectivity index (χ2v) is 6.02. The van der Waals surface area contributed by atoms with Gasteiger partial charge >= 0.3 is 0 Å². The Morgan fingerprint density at radius 1 is 1.55 bits per heavy atom. The Bertz CT molecular complexity index is 684. The molecule has 1 aliphatic carbocycles. The molecule has 2 heterocycles. The molecule has 0 bridgehead atoms. The maximum absolute atomic E-state index is 13.9. The van der Waals surface area contributed by atoms with Gasteiger partial charge in [0.25, 0.3) is 5.91 Å². The fraction of sp³-hybridized carbons (Fsp3) is 0.267. The summed E-state index contributed by atoms with van der Waals surface area (Å²) >= 11 is 1.51. The van der Waals surface area contributed by atoms with E-state index < -0.39 is 11.9 Å². The second kappa shape index (κ2) is 4.59. The van der Waals surface area contributed by atoms with Crippen molar-refractivity contribution in [1.29, 1.82) is 0 Å². The highest BCUT2D eigenvalue weighted by Gasteiger charge is 2.38. The van der Waals surface area contributed by atoms with E-state index in [9.17, 15) is 14.3 Å². The summed E-state index contributed by atoms with van der Waals surface area (Å²) in [5, 5.41) is 11.2. The van der Waals surface area contributed by atoms with Crippen LogP contribution in [0.4, 0.5) is 4.39 Å². The SMILES string of the molecule is CC1=[C]C2=C(F)C(O)=CCC2N1C(=O)c1csc(C)c1. The van der Waals surface area contributed by atoms with Crippen LogP contribution in [0, 0.1) is 13.0 Å². The van der Waals surface area contributed by atoms with Crippen molar-refractivity contribution >= 4 is 17.2 Å². The molecule has 103 valence electrons. The highest BCUT2D eigenvalue weighted by Crippen LogP contribution is 2.37. The minimum absolute atomic E-state index is 0.151. The van der Waals surface area contributed by atoms with Crippen molar-refractivity contribution in [2.75, 3.05) is 0 Å². The van der Waals surface area contributed by atoms with Crippen molar-refractivity contribution in [3.05, 3.63) is 56.9 Å². The molecule has 0 saturated heterocycles. The normalized spacial score (nSPS) is 21.8. The molecule has 3 rings (SSSR count). The molecular formula is C15H13FNO2S. The molecule has 1 aromatic heterocycles. The summed E-state index contributed by atoms with van der Waals surface area (Å²) in [6.07, 6.45) is 4.67. The van der Waals surface area contributed by atoms with E-state index >= 15 is 0 Å². The van der Waals surface area contributed by atoms with E-state index in [1.807, 2.05) is 13.0 Å². The molecule has 0 fully saturated rings. The van der Waals surface area contributed by atoms with Crippen molar-refractivity contribution in [3.63, 3.8) is 0 Å². The van der Waals surface area contributed by atoms with Gasteiger partial charge in [0.2, 0.25) is 0 Å². The number of aryl methyl sites for hydroxylation is 1. The topological polar surface area (TPSA) is 40.5 Å². The third kappa shape index (κ3) is 1.89. The number of hydrogen-bond acceptors (Lipinski definition) is 3. The van der Waals surface area contributed by atoms with Crippen LogP contribution in [0.3, 0.4) is 0 Å². The Labute approximate surface area is 120 Å². The van der Waals surface area contributed by atoms with E-state index in [1.165, 1.54) is 17.4 Å². The number of halogens is 1. The Kier molecular flexibility index (Phi) is 3.01. The molecular weight excluding hydrogens is 277 g/mol. The van der Waals surface area contributed by atoms with Crippen LogP contribution in [0.1, 0.15) is 28.6 Å². The Balaban J connectivity index is 1.97. The summed E-state index contributed by atoms with van der Waals surface area (Å²) in [5.41, 5.74) is 1.45. The lowest BCUT2D eigenvalue weighted by Crippen LogP contribution is -2.36. The van der Waals surface area contributed by atoms with Gasteiger partial charge < -0.3 is 10.0 Å². The molecule has 20 heavy (non-hydrogen) atoms. The smallest absolute Gasteiger partial charge is 0.259 e. The van der Waals surface area contributed by atoms with E-state index in [0.29, 0.717) is 17.7 Å². The lowest BCUT2D eigenvalue weighted by atomic mass is 9.98. The molecule has 2 aliphatic rings. The molecule has 0 spiro atoms. The highest BCUT2D eigenvalue weighted by molar-refractivity contribution is 7.10. The van der Waals surface area contributed by atoms with E-state index in [4.69, 9.17) is 0 Å². The number of allylic oxidation sites excluding steroid dienone is 2. The zero-order valence-corrected chi connectivity index (χ0v) is 11.9. The molecule has 3 nitrogen and oxygen atoms in total. The fourth-order valence-electron chi connectivity index (χ4n) is 2.57. The number of fused-ring (bicyclic) bond motifs is 1. The van der Waals surface area contributed by atoms with Crippen LogP contribution in [0.2, 0.25) is 0 Å². The molecule has 1 amide bonds. The van der Waals surface area contributed by atoms with Crippen LogP contribution >= 0.6 is 11.3 Å². The van der Waals surface area contributed by atoms with Crippen LogP contribution in [-0.4, -0.2) is 22.0 Å². The number of rotatable bonds is 1. The van der Waals surface area contributed by atoms with Crippen molar-refractivity contribution < 1.29 is 14.3 Å². The van der Waals surface area contributed by atoms with E-state index in [1.54, 1.807) is 17.2 Å². The first-order chi connectivity index (χ1) is 9.49. The lowest BCUT2D eigenvalue weighted by molar-refractivity contribution is 0.0779. The van der Waals surface area contributed by atoms with Crippen LogP contribution in [-0.2, 0) is 0 Å². The van der Waals surface area contributed by atoms with Gasteiger partial charge in [0, 0.05) is 27.6 Å². The number of amides is 1. The number of aliphatic hydroxyl groups excluding tert-OH is 1. The van der Waals surface area contributed by atoms with E-state index in [-0.39, 0.29) is 17.2 Å². The minimum Gasteiger partial charge on any atom is -0.505 e. The van der Waals surface area contributed by atoms with Gasteiger partial charge in [-0.3, -0.25) is 4.79 Å². The van der Waals surface area contributed by atoms with Gasteiger partial charge in [-0.2, -0.15) is 0 Å². The molecule has 1 atom stereocenters. The Morgan fingerprint density at radius 2 is 2.30 bits per heavy atom. The maximum atomic E-state index is 13.9. The second-order valence-electron chi connectivity index (χ2n) is 4.90. The summed E-state index contributed by atoms with van der Waals surface area (Å²) in [4.78, 5) is 15.2. The molecule has 1 aliphatic heterocycles. The van der Waals surface area contributed by atoms with E-state index in [2.05, 4.69) is 6.08 Å². The Morgan fingerprint density at radius 3 is 2.95 bits per heavy atom. The van der Waals surface area contributed by atoms with Crippen LogP contribution in [0.15, 0.2) is 40.4 Å². The summed E-state index contributed by atoms with van der Waals surface area (Å²) in [6, 6.07) is 1.42. The predicted octanol–water partition coefficient (Wildman–Crippen LogP) is 3.66. The van der Waals surface area contributed by atoms with E-state index in [0.717, 1.165) is 4.88 Å². The van der Waals surface area contributed by atoms with Gasteiger partial charge in [-0.1, -0.05) is 0 Å². The lowest BCUT2D eigenvalue weighted by Gasteiger charge is -2.28. The summed E-state index contributed by atoms with van der Waals surface area (Å²) in [7, 11) is 0. The Hall–Kier alpha value is -1.88. The molecule has 1 N–H and O–H groups in total. The first-order valence-corrected chi connectivity index (χ1v) is 7.15. The van der Waals surface area contributed by atoms with Crippen molar-refractivity contribution in [2.24, 2.45) is 0 Å². The third-order valence-electron chi connectivity index (χ3n) is 3.51. The molecule has 1 radical (unpaired) electrons. The monoisotopic (exact) mass is 290 g/mol. The van der Waals surface area contributed by atoms with Gasteiger partial charge in [-0.05, 0) is 32.4 Å². The summed E-state index contributed by atoms with van der Waals surface area (Å²) in [5.74, 6) is -1.20. The van der Waals surface area contributed by atoms with Gasteiger partial charge in [-0.25, -0.2) is 4.39 Å². The van der Waals surface area contributed by atoms with Gasteiger partial charge in [0.15, 0.2) is 5.83 Å². The third-order valence-corrected chi connectivity index (χ3v) is 4.38. The van der Waals surface area contributed by atoms with Gasteiger partial charge in [-0.15, -0.1) is 11.3 Å². The van der Waals surface area contributed by atoms with Crippen molar-refractivity contribution in [2.45, 2.75) is 26.3 Å². The number of carbonyl (C=O) groups excluding carboxylic acids is 1. The highest BCUT2D eigenvalue weighted by atomic mass is 32.1. The molecule has 0 saturated carbocycles. The number of nitrogens with zero attached hydrogens (tertiary/aromatic N) is 1. The van der Waals surface area contributed by atoms with Gasteiger partial charge in [0.05, 0.1) is 11.6 Å². The van der Waals surface area contributed by atoms with Gasteiger partial charge in [0.1, 0.15) is 5.76 Å². The van der Waals surface area contributed by atoms with Crippen LogP contribution in [0.5, 0.6) is 0 Å². The van der Waals surface area contributed by atoms with Crippen molar-refractivity contribution in [1.82, 2.24) is 4.90 Å². The molecule has 1 aromatic rings. The number of aliphatic hydroxyl groups is 1. The van der Waals surface area contributed by atoms with Crippen LogP contribution < -0.4 is 0 Å². The summed E-state index contributed by atoms with van der Waals surface area (Å²) < 4.78 is 13.9. The van der Waals surface area contributed by atoms with Crippen LogP contribution in [0.25, 0.3) is 0 Å². The zero-order chi connectivity index (χ0) is 14.4. The quantitative estimate of drug-likeness (QED) is 0.857. The first-order valence-electron chi connectivity index (χ1n) is 6.27. The summed E-state index contributed by atoms with van der Waals surface area (Å²) in [6.45, 7) is 3.67. The fourth-order valence-corrected chi connectivity index (χ4v) is 3.24. The number of hydrogen-bond donors (Lipinski definition) is 1. The minimum atomic E-state index is -0.683. The molecule has 5 heteroatoms. The standard InChI is InChI=1S/C15H13FNO2S/c1-8-5-11-12(3-4-13(18)14(11)16)17(8)15(19)10-6-9(2)20-7-10/h4,6-7,12,18H,3H2,1-2H3. The zero-order valence-electron chi connectivity index (χ0n) is 11.1. The predicted molar refractivity (Wildman–Crippen MR) is 74.9 cm³/mol. The largest absolute Gasteiger partial charge is 0.505 e. The molecule has 1 unspecified atom stereocenters. The number of thiophene rings is 1. The average Bonchev–Trinajstić information content (AvgIpc) is 2.97. The van der Waals surface area contributed by atoms with Crippen molar-refractivity contribution in [3.8, 4) is 0 Å². The number of carbonyl (C=O) groups is 1. The first kappa shape index (κ1) is 13.1. The maximum Gasteiger partial charge on any atom is 0.259 e. The average molecular weight is 290 g/mol.